The predicted molar refractivity (Wildman–Crippen MR) is 83.4 cm³/mol. The SMILES string of the molecule is COc1cc(C(=O)N(C)C)ccc1-c1ccc(C(=O)O)cc1. The Labute approximate surface area is 128 Å². The summed E-state index contributed by atoms with van der Waals surface area (Å²) in [5, 5.41) is 8.93. The first-order valence-electron chi connectivity index (χ1n) is 6.67. The van der Waals surface area contributed by atoms with E-state index in [2.05, 4.69) is 0 Å². The number of carbonyl (C=O) groups is 2. The summed E-state index contributed by atoms with van der Waals surface area (Å²) in [5.74, 6) is -0.507. The third-order valence-corrected chi connectivity index (χ3v) is 3.30. The minimum absolute atomic E-state index is 0.105. The van der Waals surface area contributed by atoms with Gasteiger partial charge in [0.1, 0.15) is 5.75 Å². The first-order chi connectivity index (χ1) is 10.4. The molecule has 0 bridgehead atoms. The second-order valence-electron chi connectivity index (χ2n) is 5.00. The van der Waals surface area contributed by atoms with Crippen LogP contribution in [0.2, 0.25) is 0 Å². The Bertz CT molecular complexity index is 705. The van der Waals surface area contributed by atoms with Gasteiger partial charge in [0.2, 0.25) is 0 Å². The van der Waals surface area contributed by atoms with E-state index in [-0.39, 0.29) is 11.5 Å². The van der Waals surface area contributed by atoms with E-state index < -0.39 is 5.97 Å². The molecular weight excluding hydrogens is 282 g/mol. The van der Waals surface area contributed by atoms with Crippen molar-refractivity contribution in [2.75, 3.05) is 21.2 Å². The predicted octanol–water partition coefficient (Wildman–Crippen LogP) is 2.76. The highest BCUT2D eigenvalue weighted by Crippen LogP contribution is 2.31. The fourth-order valence-electron chi connectivity index (χ4n) is 2.11. The number of carboxylic acid groups (broad SMARTS) is 1. The number of carbonyl (C=O) groups excluding carboxylic acids is 1. The molecule has 2 rings (SSSR count). The van der Waals surface area contributed by atoms with Gasteiger partial charge in [0.15, 0.2) is 0 Å². The minimum Gasteiger partial charge on any atom is -0.496 e. The van der Waals surface area contributed by atoms with E-state index in [0.717, 1.165) is 11.1 Å². The number of nitrogens with zero attached hydrogens (tertiary/aromatic N) is 1. The highest BCUT2D eigenvalue weighted by molar-refractivity contribution is 5.95. The van der Waals surface area contributed by atoms with E-state index in [0.29, 0.717) is 11.3 Å². The van der Waals surface area contributed by atoms with Gasteiger partial charge >= 0.3 is 5.97 Å². The largest absolute Gasteiger partial charge is 0.496 e. The second-order valence-corrected chi connectivity index (χ2v) is 5.00. The second kappa shape index (κ2) is 6.30. The molecule has 5 nitrogen and oxygen atoms in total. The van der Waals surface area contributed by atoms with E-state index in [1.54, 1.807) is 44.4 Å². The van der Waals surface area contributed by atoms with Crippen molar-refractivity contribution < 1.29 is 19.4 Å². The summed E-state index contributed by atoms with van der Waals surface area (Å²) in [4.78, 5) is 24.4. The molecule has 2 aromatic rings. The van der Waals surface area contributed by atoms with Crippen LogP contribution in [0.3, 0.4) is 0 Å². The molecule has 0 unspecified atom stereocenters. The average molecular weight is 299 g/mol. The van der Waals surface area contributed by atoms with Crippen LogP contribution in [0.25, 0.3) is 11.1 Å². The zero-order chi connectivity index (χ0) is 16.3. The van der Waals surface area contributed by atoms with Crippen LogP contribution in [0.1, 0.15) is 20.7 Å². The van der Waals surface area contributed by atoms with Gasteiger partial charge < -0.3 is 14.7 Å². The van der Waals surface area contributed by atoms with Gasteiger partial charge in [-0.05, 0) is 35.9 Å². The number of benzene rings is 2. The molecule has 0 saturated heterocycles. The van der Waals surface area contributed by atoms with Gasteiger partial charge in [0.05, 0.1) is 12.7 Å². The van der Waals surface area contributed by atoms with Crippen molar-refractivity contribution >= 4 is 11.9 Å². The molecule has 0 heterocycles. The van der Waals surface area contributed by atoms with Crippen molar-refractivity contribution in [2.24, 2.45) is 0 Å². The van der Waals surface area contributed by atoms with Gasteiger partial charge in [-0.15, -0.1) is 0 Å². The summed E-state index contributed by atoms with van der Waals surface area (Å²) in [6.07, 6.45) is 0. The van der Waals surface area contributed by atoms with Gasteiger partial charge in [-0.3, -0.25) is 4.79 Å². The molecule has 0 aromatic heterocycles. The standard InChI is InChI=1S/C17H17NO4/c1-18(2)16(19)13-8-9-14(15(10-13)22-3)11-4-6-12(7-5-11)17(20)21/h4-10H,1-3H3,(H,20,21). The third kappa shape index (κ3) is 3.09. The highest BCUT2D eigenvalue weighted by Gasteiger charge is 2.13. The number of hydrogen-bond acceptors (Lipinski definition) is 3. The molecule has 0 radical (unpaired) electrons. The highest BCUT2D eigenvalue weighted by atomic mass is 16.5. The molecule has 0 fully saturated rings. The lowest BCUT2D eigenvalue weighted by Crippen LogP contribution is -2.21. The fraction of sp³-hybridized carbons (Fsp3) is 0.176. The molecular formula is C17H17NO4. The summed E-state index contributed by atoms with van der Waals surface area (Å²) in [6, 6.07) is 11.7. The summed E-state index contributed by atoms with van der Waals surface area (Å²) >= 11 is 0. The lowest BCUT2D eigenvalue weighted by Gasteiger charge is -2.14. The summed E-state index contributed by atoms with van der Waals surface area (Å²) < 4.78 is 5.36. The molecule has 1 N–H and O–H groups in total. The van der Waals surface area contributed by atoms with Crippen LogP contribution in [0.15, 0.2) is 42.5 Å². The molecule has 0 atom stereocenters. The summed E-state index contributed by atoms with van der Waals surface area (Å²) in [5.41, 5.74) is 2.38. The Morgan fingerprint density at radius 1 is 1.00 bits per heavy atom. The molecule has 2 aromatic carbocycles. The zero-order valence-electron chi connectivity index (χ0n) is 12.7. The normalized spacial score (nSPS) is 10.1. The van der Waals surface area contributed by atoms with E-state index in [1.165, 1.54) is 24.1 Å². The summed E-state index contributed by atoms with van der Waals surface area (Å²) in [7, 11) is 4.91. The number of carboxylic acids is 1. The molecule has 114 valence electrons. The van der Waals surface area contributed by atoms with Crippen LogP contribution in [0.4, 0.5) is 0 Å². The molecule has 1 amide bonds. The smallest absolute Gasteiger partial charge is 0.335 e. The molecule has 0 aliphatic rings. The molecule has 22 heavy (non-hydrogen) atoms. The maximum atomic E-state index is 12.0. The number of rotatable bonds is 4. The van der Waals surface area contributed by atoms with Crippen molar-refractivity contribution in [1.29, 1.82) is 0 Å². The van der Waals surface area contributed by atoms with Crippen molar-refractivity contribution in [3.05, 3.63) is 53.6 Å². The van der Waals surface area contributed by atoms with Crippen LogP contribution in [-0.4, -0.2) is 43.1 Å². The van der Waals surface area contributed by atoms with Crippen LogP contribution < -0.4 is 4.74 Å². The fourth-order valence-corrected chi connectivity index (χ4v) is 2.11. The van der Waals surface area contributed by atoms with Gasteiger partial charge in [-0.2, -0.15) is 0 Å². The minimum atomic E-state index is -0.967. The monoisotopic (exact) mass is 299 g/mol. The van der Waals surface area contributed by atoms with Gasteiger partial charge in [-0.25, -0.2) is 4.79 Å². The van der Waals surface area contributed by atoms with E-state index in [9.17, 15) is 9.59 Å². The van der Waals surface area contributed by atoms with Crippen LogP contribution in [0.5, 0.6) is 5.75 Å². The van der Waals surface area contributed by atoms with Crippen LogP contribution in [0, 0.1) is 0 Å². The Balaban J connectivity index is 2.43. The number of aromatic carboxylic acids is 1. The van der Waals surface area contributed by atoms with Crippen molar-refractivity contribution in [3.8, 4) is 16.9 Å². The summed E-state index contributed by atoms with van der Waals surface area (Å²) in [6.45, 7) is 0. The lowest BCUT2D eigenvalue weighted by atomic mass is 10.0. The van der Waals surface area contributed by atoms with Gasteiger partial charge in [0, 0.05) is 25.2 Å². The molecule has 0 aliphatic carbocycles. The van der Waals surface area contributed by atoms with E-state index >= 15 is 0 Å². The van der Waals surface area contributed by atoms with Gasteiger partial charge in [0.25, 0.3) is 5.91 Å². The zero-order valence-corrected chi connectivity index (χ0v) is 12.7. The third-order valence-electron chi connectivity index (χ3n) is 3.30. The van der Waals surface area contributed by atoms with Crippen LogP contribution >= 0.6 is 0 Å². The number of methoxy groups -OCH3 is 1. The Morgan fingerprint density at radius 3 is 2.09 bits per heavy atom. The Kier molecular flexibility index (Phi) is 4.46. The van der Waals surface area contributed by atoms with Crippen molar-refractivity contribution in [1.82, 2.24) is 4.90 Å². The topological polar surface area (TPSA) is 66.8 Å². The molecule has 0 saturated carbocycles. The number of hydrogen-bond donors (Lipinski definition) is 1. The Morgan fingerprint density at radius 2 is 1.59 bits per heavy atom. The average Bonchev–Trinajstić information content (AvgIpc) is 2.53. The van der Waals surface area contributed by atoms with Crippen molar-refractivity contribution in [2.45, 2.75) is 0 Å². The maximum Gasteiger partial charge on any atom is 0.335 e. The quantitative estimate of drug-likeness (QED) is 0.942. The molecule has 5 heteroatoms. The molecule has 0 aliphatic heterocycles. The first kappa shape index (κ1) is 15.6. The van der Waals surface area contributed by atoms with E-state index in [1.807, 2.05) is 0 Å². The van der Waals surface area contributed by atoms with Crippen LogP contribution in [-0.2, 0) is 0 Å². The Hall–Kier alpha value is -2.82. The van der Waals surface area contributed by atoms with Crippen molar-refractivity contribution in [3.63, 3.8) is 0 Å². The lowest BCUT2D eigenvalue weighted by molar-refractivity contribution is 0.0696. The first-order valence-corrected chi connectivity index (χ1v) is 6.67. The number of ether oxygens (including phenoxy) is 1. The van der Waals surface area contributed by atoms with E-state index in [4.69, 9.17) is 9.84 Å². The number of amides is 1. The molecule has 0 spiro atoms. The maximum absolute atomic E-state index is 12.0. The van der Waals surface area contributed by atoms with Gasteiger partial charge in [-0.1, -0.05) is 12.1 Å².